The van der Waals surface area contributed by atoms with E-state index in [0.717, 1.165) is 11.1 Å². The number of pyridine rings is 1. The lowest BCUT2D eigenvalue weighted by molar-refractivity contribution is -0.384. The van der Waals surface area contributed by atoms with Crippen molar-refractivity contribution >= 4 is 23.2 Å². The molecule has 2 saturated heterocycles. The summed E-state index contributed by atoms with van der Waals surface area (Å²) in [6, 6.07) is 18.1. The first-order valence-electron chi connectivity index (χ1n) is 10.0. The Morgan fingerprint density at radius 3 is 2.44 bits per heavy atom. The van der Waals surface area contributed by atoms with Crippen LogP contribution in [0.5, 0.6) is 0 Å². The highest BCUT2D eigenvalue weighted by molar-refractivity contribution is 6.07. The predicted octanol–water partition coefficient (Wildman–Crippen LogP) is 3.04. The normalized spacial score (nSPS) is 22.3. The molecule has 0 saturated carbocycles. The maximum absolute atomic E-state index is 13.4. The van der Waals surface area contributed by atoms with E-state index in [0.29, 0.717) is 5.69 Å². The first-order valence-corrected chi connectivity index (χ1v) is 10.0. The topological polar surface area (TPSA) is 106 Å². The fraction of sp³-hybridized carbons (Fsp3) is 0.174. The van der Waals surface area contributed by atoms with Crippen LogP contribution in [0.2, 0.25) is 0 Å². The summed E-state index contributed by atoms with van der Waals surface area (Å²) < 4.78 is 0. The minimum atomic E-state index is -1.01. The number of nitro groups is 1. The Kier molecular flexibility index (Phi) is 4.87. The smallest absolute Gasteiger partial charge is 0.271 e. The van der Waals surface area contributed by atoms with Crippen molar-refractivity contribution in [2.75, 3.05) is 5.06 Å². The van der Waals surface area contributed by atoms with E-state index in [1.54, 1.807) is 36.7 Å². The van der Waals surface area contributed by atoms with Gasteiger partial charge in [0.15, 0.2) is 6.10 Å². The van der Waals surface area contributed by atoms with Gasteiger partial charge in [-0.25, -0.2) is 5.06 Å². The third-order valence-electron chi connectivity index (χ3n) is 5.73. The van der Waals surface area contributed by atoms with Crippen LogP contribution in [-0.4, -0.2) is 32.7 Å². The monoisotopic (exact) mass is 430 g/mol. The van der Waals surface area contributed by atoms with E-state index in [4.69, 9.17) is 4.84 Å². The number of nitrogens with zero attached hydrogens (tertiary/aromatic N) is 4. The summed E-state index contributed by atoms with van der Waals surface area (Å²) in [6.45, 7) is 0.161. The van der Waals surface area contributed by atoms with Crippen molar-refractivity contribution in [1.29, 1.82) is 0 Å². The van der Waals surface area contributed by atoms with Crippen molar-refractivity contribution < 1.29 is 19.3 Å². The molecule has 32 heavy (non-hydrogen) atoms. The number of hydroxylamine groups is 1. The van der Waals surface area contributed by atoms with Crippen LogP contribution in [0.15, 0.2) is 79.1 Å². The Labute approximate surface area is 183 Å². The summed E-state index contributed by atoms with van der Waals surface area (Å²) in [5.74, 6) is -1.54. The summed E-state index contributed by atoms with van der Waals surface area (Å²) in [6.07, 6.45) is 2.18. The molecule has 0 N–H and O–H groups in total. The molecule has 2 aliphatic rings. The Morgan fingerprint density at radius 2 is 1.72 bits per heavy atom. The summed E-state index contributed by atoms with van der Waals surface area (Å²) >= 11 is 0. The molecule has 2 aliphatic heterocycles. The van der Waals surface area contributed by atoms with E-state index in [1.165, 1.54) is 22.1 Å². The van der Waals surface area contributed by atoms with Gasteiger partial charge in [0.2, 0.25) is 5.91 Å². The average Bonchev–Trinajstić information content (AvgIpc) is 3.32. The Morgan fingerprint density at radius 1 is 0.969 bits per heavy atom. The van der Waals surface area contributed by atoms with Gasteiger partial charge >= 0.3 is 0 Å². The molecule has 9 heteroatoms. The summed E-state index contributed by atoms with van der Waals surface area (Å²) in [4.78, 5) is 48.6. The highest BCUT2D eigenvalue weighted by atomic mass is 16.7. The molecule has 0 unspecified atom stereocenters. The zero-order valence-electron chi connectivity index (χ0n) is 16.8. The number of fused-ring (bicyclic) bond motifs is 1. The lowest BCUT2D eigenvalue weighted by atomic mass is 9.91. The van der Waals surface area contributed by atoms with E-state index >= 15 is 0 Å². The molecular formula is C23H18N4O5. The number of carbonyl (C=O) groups is 2. The van der Waals surface area contributed by atoms with Gasteiger partial charge in [0, 0.05) is 24.5 Å². The van der Waals surface area contributed by atoms with Gasteiger partial charge < -0.3 is 0 Å². The number of aromatic nitrogens is 1. The van der Waals surface area contributed by atoms with Crippen molar-refractivity contribution in [1.82, 2.24) is 9.88 Å². The van der Waals surface area contributed by atoms with Gasteiger partial charge in [0.25, 0.3) is 11.6 Å². The first-order chi connectivity index (χ1) is 15.5. The van der Waals surface area contributed by atoms with Crippen molar-refractivity contribution in [3.8, 4) is 0 Å². The fourth-order valence-corrected chi connectivity index (χ4v) is 4.26. The molecule has 2 aromatic carbocycles. The second kappa shape index (κ2) is 7.86. The minimum absolute atomic E-state index is 0.111. The average molecular weight is 430 g/mol. The van der Waals surface area contributed by atoms with Crippen LogP contribution in [0.4, 0.5) is 11.4 Å². The second-order valence-electron chi connectivity index (χ2n) is 7.63. The SMILES string of the molecule is O=C1[C@H]2[C@H](ON(c3cccc([N+](=O)[O-])c3)[C@H]2c2ccncc2)C(=O)N1Cc1ccccc1. The minimum Gasteiger partial charge on any atom is -0.275 e. The van der Waals surface area contributed by atoms with Crippen LogP contribution in [0.1, 0.15) is 17.2 Å². The zero-order chi connectivity index (χ0) is 22.2. The molecular weight excluding hydrogens is 412 g/mol. The van der Waals surface area contributed by atoms with Crippen LogP contribution >= 0.6 is 0 Å². The maximum Gasteiger partial charge on any atom is 0.271 e. The van der Waals surface area contributed by atoms with E-state index < -0.39 is 28.9 Å². The van der Waals surface area contributed by atoms with Gasteiger partial charge in [0.1, 0.15) is 5.92 Å². The lowest BCUT2D eigenvalue weighted by Crippen LogP contribution is -2.37. The summed E-state index contributed by atoms with van der Waals surface area (Å²) in [5.41, 5.74) is 1.84. The number of hydrogen-bond donors (Lipinski definition) is 0. The van der Waals surface area contributed by atoms with E-state index in [1.807, 2.05) is 30.3 Å². The maximum atomic E-state index is 13.4. The van der Waals surface area contributed by atoms with Crippen molar-refractivity contribution in [2.45, 2.75) is 18.7 Å². The number of nitro benzene ring substituents is 1. The number of anilines is 1. The molecule has 2 fully saturated rings. The lowest BCUT2D eigenvalue weighted by Gasteiger charge is -2.28. The largest absolute Gasteiger partial charge is 0.275 e. The van der Waals surface area contributed by atoms with Crippen LogP contribution in [0, 0.1) is 16.0 Å². The number of likely N-dealkylation sites (tertiary alicyclic amines) is 1. The number of non-ortho nitro benzene ring substituents is 1. The Balaban J connectivity index is 1.53. The van der Waals surface area contributed by atoms with Crippen molar-refractivity contribution in [3.63, 3.8) is 0 Å². The van der Waals surface area contributed by atoms with Crippen LogP contribution in [-0.2, 0) is 21.0 Å². The number of amides is 2. The van der Waals surface area contributed by atoms with Gasteiger partial charge in [0.05, 0.1) is 23.2 Å². The third-order valence-corrected chi connectivity index (χ3v) is 5.73. The van der Waals surface area contributed by atoms with Crippen LogP contribution in [0.25, 0.3) is 0 Å². The van der Waals surface area contributed by atoms with Gasteiger partial charge in [-0.15, -0.1) is 0 Å². The molecule has 2 amide bonds. The van der Waals surface area contributed by atoms with E-state index in [9.17, 15) is 19.7 Å². The van der Waals surface area contributed by atoms with Crippen LogP contribution in [0.3, 0.4) is 0 Å². The molecule has 0 radical (unpaired) electrons. The van der Waals surface area contributed by atoms with Gasteiger partial charge in [-0.2, -0.15) is 0 Å². The quantitative estimate of drug-likeness (QED) is 0.348. The fourth-order valence-electron chi connectivity index (χ4n) is 4.26. The Bertz CT molecular complexity index is 1190. The molecule has 9 nitrogen and oxygen atoms in total. The molecule has 5 rings (SSSR count). The second-order valence-corrected chi connectivity index (χ2v) is 7.63. The first kappa shape index (κ1) is 19.8. The number of carbonyl (C=O) groups excluding carboxylic acids is 2. The molecule has 0 bridgehead atoms. The number of hydrogen-bond acceptors (Lipinski definition) is 7. The number of imide groups is 1. The molecule has 1 aromatic heterocycles. The number of rotatable bonds is 5. The van der Waals surface area contributed by atoms with E-state index in [-0.39, 0.29) is 18.1 Å². The molecule has 0 spiro atoms. The van der Waals surface area contributed by atoms with E-state index in [2.05, 4.69) is 4.98 Å². The van der Waals surface area contributed by atoms with Crippen molar-refractivity contribution in [2.24, 2.45) is 5.92 Å². The standard InChI is InChI=1S/C23H18N4O5/c28-22-19-20(16-9-11-24-12-10-16)26(17-7-4-8-18(13-17)27(30)31)32-21(19)23(29)25(22)14-15-5-2-1-3-6-15/h1-13,19-21H,14H2/t19-,20+,21+/m1/s1. The Hall–Kier alpha value is -4.11. The molecule has 0 aliphatic carbocycles. The van der Waals surface area contributed by atoms with Crippen molar-refractivity contribution in [3.05, 3.63) is 100 Å². The zero-order valence-corrected chi connectivity index (χ0v) is 16.8. The van der Waals surface area contributed by atoms with Gasteiger partial charge in [-0.3, -0.25) is 34.4 Å². The summed E-state index contributed by atoms with van der Waals surface area (Å²) in [7, 11) is 0. The van der Waals surface area contributed by atoms with Gasteiger partial charge in [-0.05, 0) is 29.3 Å². The third kappa shape index (κ3) is 3.28. The van der Waals surface area contributed by atoms with Crippen LogP contribution < -0.4 is 5.06 Å². The number of benzene rings is 2. The van der Waals surface area contributed by atoms with Gasteiger partial charge in [-0.1, -0.05) is 36.4 Å². The molecule has 3 atom stereocenters. The molecule has 3 aromatic rings. The summed E-state index contributed by atoms with van der Waals surface area (Å²) in [5, 5.41) is 12.7. The predicted molar refractivity (Wildman–Crippen MR) is 113 cm³/mol. The molecule has 3 heterocycles. The highest BCUT2D eigenvalue weighted by Gasteiger charge is 2.59. The molecule has 160 valence electrons. The highest BCUT2D eigenvalue weighted by Crippen LogP contribution is 2.47.